The van der Waals surface area contributed by atoms with Crippen LogP contribution in [0, 0.1) is 0 Å². The van der Waals surface area contributed by atoms with Crippen LogP contribution in [0.1, 0.15) is 111 Å². The fourth-order valence-electron chi connectivity index (χ4n) is 9.98. The molecule has 0 aliphatic carbocycles. The van der Waals surface area contributed by atoms with Crippen LogP contribution in [0.5, 0.6) is 0 Å². The number of hydrogen-bond acceptors (Lipinski definition) is 18. The van der Waals surface area contributed by atoms with E-state index in [1.165, 1.54) is 5.69 Å². The van der Waals surface area contributed by atoms with Crippen LogP contribution in [-0.2, 0) is 65.8 Å². The average Bonchev–Trinajstić information content (AvgIpc) is 1.66. The zero-order valence-corrected chi connectivity index (χ0v) is 67.3. The SMILES string of the molecule is CC1(C)OB(c2ccc(N(CCBr)CCOS(C)(=O)=O)cc2)OC1(C)C.CC1(C)OB(c2ccc(N(CCCl)CCBr)cc2)OC1(C)C.CC1(C)OB(c2ccc(N(CCCl)CCCl)cc2)OC1(C)C.CC1(C)OB(c2ccc(N(CCCl)CCOS(C)(=O)=O)cc2)OC1(C)C. The van der Waals surface area contributed by atoms with Crippen LogP contribution in [-0.4, -0.2) is 202 Å². The smallest absolute Gasteiger partial charge is 0.399 e. The van der Waals surface area contributed by atoms with Gasteiger partial charge >= 0.3 is 28.5 Å². The Balaban J connectivity index is 0.000000232. The Hall–Kier alpha value is -2.04. The van der Waals surface area contributed by atoms with Gasteiger partial charge in [0, 0.05) is 109 Å². The summed E-state index contributed by atoms with van der Waals surface area (Å²) in [4.78, 5) is 8.48. The molecule has 4 aliphatic rings. The minimum atomic E-state index is -3.45. The predicted molar refractivity (Wildman–Crippen MR) is 410 cm³/mol. The van der Waals surface area contributed by atoms with E-state index in [0.717, 1.165) is 94.8 Å². The second-order valence-electron chi connectivity index (χ2n) is 27.9. The van der Waals surface area contributed by atoms with Crippen molar-refractivity contribution in [3.63, 3.8) is 0 Å². The molecule has 0 atom stereocenters. The Morgan fingerprint density at radius 1 is 0.323 bits per heavy atom. The Morgan fingerprint density at radius 2 is 0.490 bits per heavy atom. The third-order valence-electron chi connectivity index (χ3n) is 18.6. The van der Waals surface area contributed by atoms with E-state index in [2.05, 4.69) is 138 Å². The number of nitrogens with zero attached hydrogens (tertiary/aromatic N) is 4. The summed E-state index contributed by atoms with van der Waals surface area (Å²) in [5.41, 5.74) is 5.39. The Bertz CT molecular complexity index is 2980. The van der Waals surface area contributed by atoms with Crippen molar-refractivity contribution in [3.8, 4) is 0 Å². The van der Waals surface area contributed by atoms with Crippen LogP contribution in [0.2, 0.25) is 0 Å². The minimum Gasteiger partial charge on any atom is -0.399 e. The normalized spacial score (nSPS) is 19.2. The topological polar surface area (TPSA) is 174 Å². The maximum atomic E-state index is 11.1. The quantitative estimate of drug-likeness (QED) is 0.0298. The number of benzene rings is 4. The molecule has 4 fully saturated rings. The summed E-state index contributed by atoms with van der Waals surface area (Å²) in [5, 5.41) is 1.69. The van der Waals surface area contributed by atoms with E-state index < -0.39 is 34.5 Å². The van der Waals surface area contributed by atoms with E-state index in [-0.39, 0.29) is 72.3 Å². The average molecular weight is 1580 g/mol. The van der Waals surface area contributed by atoms with Gasteiger partial charge in [-0.3, -0.25) is 8.37 Å². The number of hydrogen-bond donors (Lipinski definition) is 0. The summed E-state index contributed by atoms with van der Waals surface area (Å²) in [5.74, 6) is 2.20. The number of rotatable bonds is 28. The highest BCUT2D eigenvalue weighted by Gasteiger charge is 2.55. The molecule has 8 rings (SSSR count). The van der Waals surface area contributed by atoms with Crippen molar-refractivity contribution in [2.45, 2.75) is 156 Å². The lowest BCUT2D eigenvalue weighted by Gasteiger charge is -2.32. The van der Waals surface area contributed by atoms with E-state index in [9.17, 15) is 16.8 Å². The lowest BCUT2D eigenvalue weighted by molar-refractivity contribution is 0.00578. The molecule has 4 aliphatic heterocycles. The highest BCUT2D eigenvalue weighted by atomic mass is 79.9. The van der Waals surface area contributed by atoms with Gasteiger partial charge in [-0.15, -0.1) is 46.4 Å². The molecule has 0 N–H and O–H groups in total. The van der Waals surface area contributed by atoms with E-state index in [4.69, 9.17) is 92.0 Å². The molecule has 18 nitrogen and oxygen atoms in total. The van der Waals surface area contributed by atoms with E-state index in [0.29, 0.717) is 43.2 Å². The van der Waals surface area contributed by atoms with Gasteiger partial charge in [-0.05, 0) is 181 Å². The molecule has 96 heavy (non-hydrogen) atoms. The molecule has 536 valence electrons. The highest BCUT2D eigenvalue weighted by Crippen LogP contribution is 2.40. The van der Waals surface area contributed by atoms with Gasteiger partial charge in [0.2, 0.25) is 0 Å². The first-order valence-electron chi connectivity index (χ1n) is 32.4. The van der Waals surface area contributed by atoms with Gasteiger partial charge in [0.15, 0.2) is 0 Å². The molecule has 4 aromatic rings. The number of anilines is 4. The van der Waals surface area contributed by atoms with Crippen molar-refractivity contribution in [2.24, 2.45) is 0 Å². The van der Waals surface area contributed by atoms with Gasteiger partial charge in [-0.2, -0.15) is 16.8 Å². The Labute approximate surface area is 613 Å². The van der Waals surface area contributed by atoms with Crippen LogP contribution in [0.25, 0.3) is 0 Å². The zero-order chi connectivity index (χ0) is 71.9. The van der Waals surface area contributed by atoms with Crippen molar-refractivity contribution in [2.75, 3.05) is 132 Å². The fourth-order valence-corrected chi connectivity index (χ4v) is 12.4. The Kier molecular flexibility index (Phi) is 31.6. The standard InChI is InChI=1S/C17H27BBrNO5S.C17H27BClNO5S.C16H24BBrClNO2.C16H24BCl2NO2/c2*1-16(2)17(3,4)25-18(24-16)14-6-8-15(9-7-14)20(11-10-19)12-13-23-26(5,21)22;2*1-15(2)16(3,4)22-17(21-15)13-5-7-14(8-6-13)20(11-9-18)12-10-19/h2*6-9H,10-13H2,1-5H3;2*5-8H,9-12H2,1-4H3. The van der Waals surface area contributed by atoms with Crippen molar-refractivity contribution >= 4 is 172 Å². The van der Waals surface area contributed by atoms with Gasteiger partial charge < -0.3 is 56.8 Å². The third-order valence-corrected chi connectivity index (χ3v) is 21.2. The number of alkyl halides is 6. The predicted octanol–water partition coefficient (Wildman–Crippen LogP) is 10.9. The molecule has 0 unspecified atom stereocenters. The first-order valence-corrected chi connectivity index (χ1v) is 40.4. The molecule has 0 amide bonds. The summed E-state index contributed by atoms with van der Waals surface area (Å²) in [6, 6.07) is 32.4. The van der Waals surface area contributed by atoms with Crippen molar-refractivity contribution in [1.82, 2.24) is 0 Å². The van der Waals surface area contributed by atoms with Crippen LogP contribution in [0.3, 0.4) is 0 Å². The highest BCUT2D eigenvalue weighted by molar-refractivity contribution is 9.09. The summed E-state index contributed by atoms with van der Waals surface area (Å²) in [6.07, 6.45) is 2.10. The lowest BCUT2D eigenvalue weighted by Crippen LogP contribution is -2.41. The summed E-state index contributed by atoms with van der Waals surface area (Å²) < 4.78 is 103. The molecule has 0 bridgehead atoms. The Morgan fingerprint density at radius 3 is 0.656 bits per heavy atom. The molecular formula is C66H102B4Br2Cl4N4O14S2. The first-order chi connectivity index (χ1) is 44.5. The van der Waals surface area contributed by atoms with Gasteiger partial charge in [0.05, 0.1) is 70.5 Å². The maximum absolute atomic E-state index is 11.1. The minimum absolute atomic E-state index is 0.0781. The first kappa shape index (κ1) is 84.6. The lowest BCUT2D eigenvalue weighted by atomic mass is 9.79. The second kappa shape index (κ2) is 35.9. The molecule has 0 aromatic heterocycles. The largest absolute Gasteiger partial charge is 0.494 e. The van der Waals surface area contributed by atoms with Crippen LogP contribution in [0.15, 0.2) is 97.1 Å². The zero-order valence-electron chi connectivity index (χ0n) is 59.4. The molecule has 4 aromatic carbocycles. The molecule has 4 heterocycles. The number of halogens is 6. The van der Waals surface area contributed by atoms with E-state index in [1.54, 1.807) is 0 Å². The molecule has 30 heteroatoms. The monoisotopic (exact) mass is 1580 g/mol. The maximum Gasteiger partial charge on any atom is 0.494 e. The molecular weight excluding hydrogens is 1480 g/mol. The summed E-state index contributed by atoms with van der Waals surface area (Å²) in [6.45, 7) is 38.5. The van der Waals surface area contributed by atoms with E-state index in [1.807, 2.05) is 121 Å². The van der Waals surface area contributed by atoms with E-state index >= 15 is 0 Å². The van der Waals surface area contributed by atoms with Gasteiger partial charge in [-0.25, -0.2) is 0 Å². The third kappa shape index (κ3) is 24.0. The van der Waals surface area contributed by atoms with Crippen LogP contribution < -0.4 is 41.5 Å². The van der Waals surface area contributed by atoms with Crippen molar-refractivity contribution < 1.29 is 62.4 Å². The van der Waals surface area contributed by atoms with Gasteiger partial charge in [0.25, 0.3) is 20.2 Å². The summed E-state index contributed by atoms with van der Waals surface area (Å²) in [7, 11) is -8.32. The molecule has 0 spiro atoms. The summed E-state index contributed by atoms with van der Waals surface area (Å²) >= 11 is 30.4. The van der Waals surface area contributed by atoms with Crippen LogP contribution >= 0.6 is 78.3 Å². The van der Waals surface area contributed by atoms with Crippen molar-refractivity contribution in [1.29, 1.82) is 0 Å². The van der Waals surface area contributed by atoms with Gasteiger partial charge in [0.1, 0.15) is 0 Å². The van der Waals surface area contributed by atoms with Crippen molar-refractivity contribution in [3.05, 3.63) is 97.1 Å². The molecule has 0 radical (unpaired) electrons. The van der Waals surface area contributed by atoms with Gasteiger partial charge in [-0.1, -0.05) is 80.4 Å². The molecule has 0 saturated carbocycles. The van der Waals surface area contributed by atoms with Crippen LogP contribution in [0.4, 0.5) is 22.7 Å². The molecule has 4 saturated heterocycles. The second-order valence-corrected chi connectivity index (χ2v) is 34.2. The fraction of sp³-hybridized carbons (Fsp3) is 0.636.